The van der Waals surface area contributed by atoms with E-state index in [1.807, 2.05) is 24.3 Å². The summed E-state index contributed by atoms with van der Waals surface area (Å²) in [7, 11) is 0. The highest BCUT2D eigenvalue weighted by Crippen LogP contribution is 2.44. The quantitative estimate of drug-likeness (QED) is 0.0660. The van der Waals surface area contributed by atoms with Gasteiger partial charge in [-0.3, -0.25) is 14.4 Å². The topological polar surface area (TPSA) is 200 Å². The van der Waals surface area contributed by atoms with Crippen molar-refractivity contribution >= 4 is 29.7 Å². The Morgan fingerprint density at radius 3 is 2.26 bits per heavy atom. The van der Waals surface area contributed by atoms with Gasteiger partial charge in [0.25, 0.3) is 0 Å². The van der Waals surface area contributed by atoms with Crippen molar-refractivity contribution in [3.8, 4) is 17.2 Å². The van der Waals surface area contributed by atoms with Crippen LogP contribution >= 0.6 is 0 Å². The zero-order valence-electron chi connectivity index (χ0n) is 29.1. The number of carbonyl (C=O) groups excluding carboxylic acids is 3. The van der Waals surface area contributed by atoms with E-state index < -0.39 is 54.0 Å². The predicted octanol–water partition coefficient (Wildman–Crippen LogP) is 3.48. The number of aromatic hydroxyl groups is 1. The summed E-state index contributed by atoms with van der Waals surface area (Å²) in [5.41, 5.74) is 2.48. The highest BCUT2D eigenvalue weighted by Gasteiger charge is 2.44. The number of aliphatic hydroxyl groups excluding tert-OH is 5. The molecule has 1 aliphatic heterocycles. The van der Waals surface area contributed by atoms with Crippen molar-refractivity contribution in [2.75, 3.05) is 6.61 Å². The maximum absolute atomic E-state index is 14.6. The monoisotopic (exact) mass is 724 g/mol. The van der Waals surface area contributed by atoms with Crippen LogP contribution in [0.25, 0.3) is 12.2 Å². The zero-order valence-corrected chi connectivity index (χ0v) is 29.1. The largest absolute Gasteiger partial charge is 0.507 e. The number of benzene rings is 4. The lowest BCUT2D eigenvalue weighted by Gasteiger charge is -2.39. The van der Waals surface area contributed by atoms with Crippen LogP contribution in [0.2, 0.25) is 0 Å². The van der Waals surface area contributed by atoms with Crippen LogP contribution in [0, 0.1) is 0 Å². The molecule has 0 bridgehead atoms. The molecule has 2 aliphatic rings. The van der Waals surface area contributed by atoms with Crippen molar-refractivity contribution < 1.29 is 59.2 Å². The summed E-state index contributed by atoms with van der Waals surface area (Å²) in [6.45, 7) is 2.47. The van der Waals surface area contributed by atoms with Crippen LogP contribution in [-0.2, 0) is 29.0 Å². The van der Waals surface area contributed by atoms with Crippen LogP contribution in [0.4, 0.5) is 0 Å². The number of fused-ring (bicyclic) bond motifs is 2. The maximum atomic E-state index is 14.6. The number of aliphatic hydroxyl groups is 5. The molecule has 4 aromatic rings. The molecule has 1 saturated heterocycles. The number of hydrogen-bond acceptors (Lipinski definition) is 12. The van der Waals surface area contributed by atoms with Gasteiger partial charge >= 0.3 is 5.97 Å². The molecule has 1 fully saturated rings. The van der Waals surface area contributed by atoms with Gasteiger partial charge in [0.1, 0.15) is 35.6 Å². The average molecular weight is 725 g/mol. The summed E-state index contributed by atoms with van der Waals surface area (Å²) >= 11 is 0. The van der Waals surface area contributed by atoms with E-state index in [-0.39, 0.29) is 64.5 Å². The number of phenolic OH excluding ortho intramolecular Hbond substituents is 1. The molecule has 12 heteroatoms. The van der Waals surface area contributed by atoms with E-state index in [4.69, 9.17) is 14.2 Å². The minimum atomic E-state index is -1.73. The molecule has 0 saturated carbocycles. The number of phenols is 1. The molecule has 4 aromatic carbocycles. The van der Waals surface area contributed by atoms with Crippen LogP contribution in [0.15, 0.2) is 66.7 Å². The Bertz CT molecular complexity index is 2090. The molecule has 0 amide bonds. The van der Waals surface area contributed by atoms with Crippen LogP contribution in [0.3, 0.4) is 0 Å². The number of ketones is 2. The van der Waals surface area contributed by atoms with E-state index in [1.54, 1.807) is 36.4 Å². The fourth-order valence-corrected chi connectivity index (χ4v) is 6.68. The molecule has 6 rings (SSSR count). The Kier molecular flexibility index (Phi) is 11.2. The van der Waals surface area contributed by atoms with E-state index in [2.05, 4.69) is 0 Å². The standard InChI is InChI=1S/C41H40O12/c1-21-35(45)39(49)40(50)41(51-21)53-32-19-30-34(37(47)29(32)18-25-8-4-9-26(17-25)20-43)36(46)28-13-14-31(52-22(2)44)27(33(28)38(30)48)12-11-24-7-3-6-23(16-24)10-5-15-42/h3-4,6-9,11-14,16-17,19,21,35,39-43,45,47,49-50H,5,10,15,18,20H2,1-2H3/t21-,35-,39-,40-,41-/m1/s1. The highest BCUT2D eigenvalue weighted by molar-refractivity contribution is 6.31. The Morgan fingerprint density at radius 1 is 0.811 bits per heavy atom. The number of carbonyl (C=O) groups is 3. The Labute approximate surface area is 305 Å². The van der Waals surface area contributed by atoms with Crippen molar-refractivity contribution in [1.29, 1.82) is 0 Å². The first-order chi connectivity index (χ1) is 25.4. The molecule has 5 atom stereocenters. The summed E-state index contributed by atoms with van der Waals surface area (Å²) in [5.74, 6) is -2.71. The molecule has 276 valence electrons. The molecule has 0 radical (unpaired) electrons. The molecular weight excluding hydrogens is 684 g/mol. The third-order valence-corrected chi connectivity index (χ3v) is 9.39. The molecule has 0 unspecified atom stereocenters. The molecule has 1 aliphatic carbocycles. The van der Waals surface area contributed by atoms with Crippen molar-refractivity contribution in [2.45, 2.75) is 70.4 Å². The van der Waals surface area contributed by atoms with Gasteiger partial charge in [0, 0.05) is 47.8 Å². The van der Waals surface area contributed by atoms with Crippen molar-refractivity contribution in [2.24, 2.45) is 0 Å². The number of esters is 1. The molecule has 1 heterocycles. The van der Waals surface area contributed by atoms with Gasteiger partial charge in [-0.25, -0.2) is 0 Å². The van der Waals surface area contributed by atoms with Crippen LogP contribution in [0.5, 0.6) is 17.2 Å². The predicted molar refractivity (Wildman–Crippen MR) is 192 cm³/mol. The fraction of sp³-hybridized carbons (Fsp3) is 0.293. The van der Waals surface area contributed by atoms with Gasteiger partial charge in [-0.2, -0.15) is 0 Å². The van der Waals surface area contributed by atoms with Crippen LogP contribution in [0.1, 0.15) is 85.5 Å². The average Bonchev–Trinajstić information content (AvgIpc) is 3.14. The van der Waals surface area contributed by atoms with Crippen molar-refractivity contribution in [3.05, 3.63) is 122 Å². The maximum Gasteiger partial charge on any atom is 0.308 e. The van der Waals surface area contributed by atoms with E-state index in [1.165, 1.54) is 32.0 Å². The Morgan fingerprint density at radius 2 is 1.53 bits per heavy atom. The van der Waals surface area contributed by atoms with Gasteiger partial charge in [0.2, 0.25) is 6.29 Å². The highest BCUT2D eigenvalue weighted by atomic mass is 16.7. The summed E-state index contributed by atoms with van der Waals surface area (Å²) in [4.78, 5) is 41.0. The number of hydrogen-bond donors (Lipinski definition) is 6. The normalized spacial score (nSPS) is 21.0. The first-order valence-corrected chi connectivity index (χ1v) is 17.2. The van der Waals surface area contributed by atoms with Gasteiger partial charge in [0.15, 0.2) is 11.6 Å². The molecule has 53 heavy (non-hydrogen) atoms. The smallest absolute Gasteiger partial charge is 0.308 e. The second-order valence-corrected chi connectivity index (χ2v) is 13.1. The first-order valence-electron chi connectivity index (χ1n) is 17.2. The molecule has 0 spiro atoms. The third-order valence-electron chi connectivity index (χ3n) is 9.39. The SMILES string of the molecule is CC(=O)Oc1ccc2c(c1C=Cc1cccc(CCCO)c1)C(=O)c1cc(O[C@H]3O[C@H](C)[C@@H](O)[C@@H](O)[C@H]3O)c(Cc3cccc(CO)c3)c(O)c1C2=O. The minimum Gasteiger partial charge on any atom is -0.507 e. The molecule has 6 N–H and O–H groups in total. The number of rotatable bonds is 11. The fourth-order valence-electron chi connectivity index (χ4n) is 6.68. The van der Waals surface area contributed by atoms with Crippen LogP contribution < -0.4 is 9.47 Å². The Hall–Kier alpha value is -5.21. The summed E-state index contributed by atoms with van der Waals surface area (Å²) in [5, 5.41) is 62.3. The molecule has 0 aromatic heterocycles. The Balaban J connectivity index is 1.49. The minimum absolute atomic E-state index is 0.0230. The second-order valence-electron chi connectivity index (χ2n) is 13.1. The lowest BCUT2D eigenvalue weighted by molar-refractivity contribution is -0.268. The van der Waals surface area contributed by atoms with E-state index >= 15 is 0 Å². The third kappa shape index (κ3) is 7.65. The van der Waals surface area contributed by atoms with Gasteiger partial charge in [-0.05, 0) is 66.3 Å². The van der Waals surface area contributed by atoms with Gasteiger partial charge in [-0.1, -0.05) is 54.6 Å². The molecular formula is C41H40O12. The lowest BCUT2D eigenvalue weighted by Crippen LogP contribution is -2.58. The summed E-state index contributed by atoms with van der Waals surface area (Å²) in [6.07, 6.45) is -2.85. The van der Waals surface area contributed by atoms with Crippen molar-refractivity contribution in [1.82, 2.24) is 0 Å². The first kappa shape index (κ1) is 37.5. The van der Waals surface area contributed by atoms with E-state index in [9.17, 15) is 45.0 Å². The van der Waals surface area contributed by atoms with E-state index in [0.717, 1.165) is 11.1 Å². The van der Waals surface area contributed by atoms with Gasteiger partial charge in [0.05, 0.1) is 18.3 Å². The molecule has 12 nitrogen and oxygen atoms in total. The zero-order chi connectivity index (χ0) is 38.0. The second kappa shape index (κ2) is 15.8. The van der Waals surface area contributed by atoms with Crippen molar-refractivity contribution in [3.63, 3.8) is 0 Å². The van der Waals surface area contributed by atoms with Crippen LogP contribution in [-0.4, -0.2) is 85.5 Å². The van der Waals surface area contributed by atoms with Gasteiger partial charge < -0.3 is 44.8 Å². The summed E-state index contributed by atoms with van der Waals surface area (Å²) < 4.78 is 17.2. The summed E-state index contributed by atoms with van der Waals surface area (Å²) in [6, 6.07) is 18.4. The number of ether oxygens (including phenoxy) is 3. The van der Waals surface area contributed by atoms with E-state index in [0.29, 0.717) is 24.0 Å². The lowest BCUT2D eigenvalue weighted by atomic mass is 9.79. The number of aryl methyl sites for hydroxylation is 1. The van der Waals surface area contributed by atoms with Gasteiger partial charge in [-0.15, -0.1) is 0 Å².